The van der Waals surface area contributed by atoms with Gasteiger partial charge in [-0.1, -0.05) is 0 Å². The standard InChI is InChI=1S/C14H22N4O4S/c1-17(2)23(19,20)18-6-5-10-7-11(21-12(10)8-18)14-16-15-13(22-14)9-3-4-9/h9-12H,3-8H2,1-2H3/t10-,11-,12+/m1/s1. The van der Waals surface area contributed by atoms with Crippen LogP contribution in [-0.2, 0) is 14.9 Å². The van der Waals surface area contributed by atoms with Crippen molar-refractivity contribution in [3.63, 3.8) is 0 Å². The van der Waals surface area contributed by atoms with Gasteiger partial charge in [-0.25, -0.2) is 0 Å². The molecule has 4 rings (SSSR count). The van der Waals surface area contributed by atoms with E-state index in [1.807, 2.05) is 0 Å². The molecule has 1 saturated carbocycles. The largest absolute Gasteiger partial charge is 0.422 e. The van der Waals surface area contributed by atoms with Crippen LogP contribution in [0.25, 0.3) is 0 Å². The molecular weight excluding hydrogens is 320 g/mol. The van der Waals surface area contributed by atoms with Gasteiger partial charge in [0.15, 0.2) is 0 Å². The molecule has 3 heterocycles. The van der Waals surface area contributed by atoms with Crippen molar-refractivity contribution >= 4 is 10.2 Å². The molecule has 9 heteroatoms. The van der Waals surface area contributed by atoms with Gasteiger partial charge in [0.05, 0.1) is 6.10 Å². The zero-order valence-electron chi connectivity index (χ0n) is 13.4. The van der Waals surface area contributed by atoms with Crippen LogP contribution in [0.1, 0.15) is 49.5 Å². The lowest BCUT2D eigenvalue weighted by atomic mass is 9.93. The number of hydrogen-bond acceptors (Lipinski definition) is 6. The lowest BCUT2D eigenvalue weighted by Crippen LogP contribution is -2.49. The summed E-state index contributed by atoms with van der Waals surface area (Å²) in [7, 11) is -0.278. The van der Waals surface area contributed by atoms with Crippen LogP contribution < -0.4 is 0 Å². The number of piperidine rings is 1. The summed E-state index contributed by atoms with van der Waals surface area (Å²) in [5.41, 5.74) is 0. The zero-order valence-corrected chi connectivity index (χ0v) is 14.2. The predicted molar refractivity (Wildman–Crippen MR) is 80.8 cm³/mol. The summed E-state index contributed by atoms with van der Waals surface area (Å²) in [6.07, 6.45) is 3.57. The Labute approximate surface area is 136 Å². The van der Waals surface area contributed by atoms with E-state index in [-0.39, 0.29) is 12.2 Å². The molecule has 0 amide bonds. The Hall–Kier alpha value is -1.03. The number of fused-ring (bicyclic) bond motifs is 1. The first-order valence-electron chi connectivity index (χ1n) is 8.11. The van der Waals surface area contributed by atoms with Crippen molar-refractivity contribution in [3.8, 4) is 0 Å². The van der Waals surface area contributed by atoms with Gasteiger partial charge in [0, 0.05) is 33.1 Å². The number of nitrogens with zero attached hydrogens (tertiary/aromatic N) is 4. The minimum Gasteiger partial charge on any atom is -0.422 e. The Kier molecular flexibility index (Phi) is 3.71. The van der Waals surface area contributed by atoms with E-state index < -0.39 is 10.2 Å². The van der Waals surface area contributed by atoms with Gasteiger partial charge in [0.1, 0.15) is 6.10 Å². The summed E-state index contributed by atoms with van der Waals surface area (Å²) >= 11 is 0. The van der Waals surface area contributed by atoms with Crippen LogP contribution in [0, 0.1) is 5.92 Å². The maximum atomic E-state index is 12.3. The first-order chi connectivity index (χ1) is 10.9. The van der Waals surface area contributed by atoms with E-state index in [9.17, 15) is 8.42 Å². The van der Waals surface area contributed by atoms with Crippen molar-refractivity contribution in [2.75, 3.05) is 27.2 Å². The van der Waals surface area contributed by atoms with Crippen molar-refractivity contribution in [2.45, 2.75) is 43.8 Å². The second-order valence-corrected chi connectivity index (χ2v) is 8.99. The molecule has 0 spiro atoms. The fraction of sp³-hybridized carbons (Fsp3) is 0.857. The van der Waals surface area contributed by atoms with Gasteiger partial charge in [-0.05, 0) is 31.6 Å². The SMILES string of the molecule is CN(C)S(=O)(=O)N1CC[C@@H]2C[C@H](c3nnc(C4CC4)o3)O[C@H]2C1. The van der Waals surface area contributed by atoms with Gasteiger partial charge in [0.2, 0.25) is 11.8 Å². The molecule has 3 fully saturated rings. The minimum absolute atomic E-state index is 0.0975. The second-order valence-electron chi connectivity index (χ2n) is 6.85. The van der Waals surface area contributed by atoms with Gasteiger partial charge < -0.3 is 9.15 Å². The molecule has 3 aliphatic rings. The van der Waals surface area contributed by atoms with Crippen molar-refractivity contribution in [3.05, 3.63) is 11.8 Å². The lowest BCUT2D eigenvalue weighted by Gasteiger charge is -2.34. The molecule has 8 nitrogen and oxygen atoms in total. The van der Waals surface area contributed by atoms with Gasteiger partial charge >= 0.3 is 0 Å². The molecule has 1 aromatic heterocycles. The Bertz CT molecular complexity index is 685. The highest BCUT2D eigenvalue weighted by molar-refractivity contribution is 7.86. The Balaban J connectivity index is 1.45. The third-order valence-electron chi connectivity index (χ3n) is 4.96. The molecule has 0 unspecified atom stereocenters. The summed E-state index contributed by atoms with van der Waals surface area (Å²) < 4.78 is 39.1. The van der Waals surface area contributed by atoms with Crippen LogP contribution in [0.4, 0.5) is 0 Å². The van der Waals surface area contributed by atoms with E-state index in [2.05, 4.69) is 10.2 Å². The highest BCUT2D eigenvalue weighted by atomic mass is 32.2. The monoisotopic (exact) mass is 342 g/mol. The highest BCUT2D eigenvalue weighted by Crippen LogP contribution is 2.43. The van der Waals surface area contributed by atoms with E-state index in [1.54, 1.807) is 14.1 Å². The van der Waals surface area contributed by atoms with Crippen molar-refractivity contribution < 1.29 is 17.6 Å². The highest BCUT2D eigenvalue weighted by Gasteiger charge is 2.44. The Morgan fingerprint density at radius 3 is 2.61 bits per heavy atom. The quantitative estimate of drug-likeness (QED) is 0.808. The number of aromatic nitrogens is 2. The minimum atomic E-state index is -3.38. The third kappa shape index (κ3) is 2.79. The lowest BCUT2D eigenvalue weighted by molar-refractivity contribution is -0.00107. The molecule has 128 valence electrons. The molecule has 1 aliphatic carbocycles. The molecule has 1 aromatic rings. The topological polar surface area (TPSA) is 88.8 Å². The summed E-state index contributed by atoms with van der Waals surface area (Å²) in [6, 6.07) is 0. The molecule has 2 aliphatic heterocycles. The molecule has 3 atom stereocenters. The fourth-order valence-corrected chi connectivity index (χ4v) is 4.51. The molecule has 0 radical (unpaired) electrons. The zero-order chi connectivity index (χ0) is 16.2. The summed E-state index contributed by atoms with van der Waals surface area (Å²) in [5.74, 6) is 2.05. The Morgan fingerprint density at radius 2 is 1.91 bits per heavy atom. The second kappa shape index (κ2) is 5.51. The third-order valence-corrected chi connectivity index (χ3v) is 6.87. The average molecular weight is 342 g/mol. The molecule has 2 saturated heterocycles. The van der Waals surface area contributed by atoms with E-state index >= 15 is 0 Å². The summed E-state index contributed by atoms with van der Waals surface area (Å²) in [4.78, 5) is 0. The molecule has 0 bridgehead atoms. The van der Waals surface area contributed by atoms with Crippen LogP contribution in [0.5, 0.6) is 0 Å². The van der Waals surface area contributed by atoms with Crippen LogP contribution in [0.3, 0.4) is 0 Å². The van der Waals surface area contributed by atoms with Gasteiger partial charge in [0.25, 0.3) is 10.2 Å². The van der Waals surface area contributed by atoms with E-state index in [4.69, 9.17) is 9.15 Å². The first-order valence-corrected chi connectivity index (χ1v) is 9.51. The molecule has 23 heavy (non-hydrogen) atoms. The average Bonchev–Trinajstić information content (AvgIpc) is 3.10. The van der Waals surface area contributed by atoms with Crippen molar-refractivity contribution in [2.24, 2.45) is 5.92 Å². The first kappa shape index (κ1) is 15.5. The van der Waals surface area contributed by atoms with Crippen LogP contribution in [-0.4, -0.2) is 60.5 Å². The predicted octanol–water partition coefficient (Wildman–Crippen LogP) is 0.905. The van der Waals surface area contributed by atoms with E-state index in [1.165, 1.54) is 8.61 Å². The molecular formula is C14H22N4O4S. The molecule has 0 aromatic carbocycles. The van der Waals surface area contributed by atoms with Crippen molar-refractivity contribution in [1.29, 1.82) is 0 Å². The van der Waals surface area contributed by atoms with Crippen LogP contribution in [0.15, 0.2) is 4.42 Å². The fourth-order valence-electron chi connectivity index (χ4n) is 3.37. The van der Waals surface area contributed by atoms with Crippen LogP contribution in [0.2, 0.25) is 0 Å². The van der Waals surface area contributed by atoms with Gasteiger partial charge in [-0.2, -0.15) is 17.0 Å². The van der Waals surface area contributed by atoms with Crippen molar-refractivity contribution in [1.82, 2.24) is 18.8 Å². The summed E-state index contributed by atoms with van der Waals surface area (Å²) in [6.45, 7) is 0.931. The van der Waals surface area contributed by atoms with E-state index in [0.717, 1.165) is 31.6 Å². The number of rotatable bonds is 4. The normalized spacial score (nSPS) is 32.4. The summed E-state index contributed by atoms with van der Waals surface area (Å²) in [5, 5.41) is 8.24. The smallest absolute Gasteiger partial charge is 0.281 e. The van der Waals surface area contributed by atoms with Crippen LogP contribution >= 0.6 is 0 Å². The maximum absolute atomic E-state index is 12.3. The number of ether oxygens (including phenoxy) is 1. The number of hydrogen-bond donors (Lipinski definition) is 0. The molecule has 0 N–H and O–H groups in total. The van der Waals surface area contributed by atoms with E-state index in [0.29, 0.717) is 30.8 Å². The maximum Gasteiger partial charge on any atom is 0.281 e. The van der Waals surface area contributed by atoms with Gasteiger partial charge in [-0.15, -0.1) is 10.2 Å². The van der Waals surface area contributed by atoms with Gasteiger partial charge in [-0.3, -0.25) is 0 Å². The Morgan fingerprint density at radius 1 is 1.17 bits per heavy atom.